The largest absolute Gasteiger partial charge is 0.289 e. The monoisotopic (exact) mass is 546 g/mol. The molecule has 38 heavy (non-hydrogen) atoms. The van der Waals surface area contributed by atoms with Gasteiger partial charge in [-0.3, -0.25) is 19.0 Å². The Morgan fingerprint density at radius 1 is 0.526 bits per heavy atom. The van der Waals surface area contributed by atoms with Crippen molar-refractivity contribution in [3.8, 4) is 0 Å². The molecule has 0 saturated heterocycles. The van der Waals surface area contributed by atoms with Crippen molar-refractivity contribution in [3.63, 3.8) is 0 Å². The van der Waals surface area contributed by atoms with Crippen LogP contribution in [-0.2, 0) is 20.0 Å². The van der Waals surface area contributed by atoms with E-state index >= 15 is 0 Å². The zero-order valence-corrected chi connectivity index (χ0v) is 22.0. The van der Waals surface area contributed by atoms with Crippen molar-refractivity contribution in [1.29, 1.82) is 0 Å². The number of hydrogen-bond acceptors (Lipinski definition) is 6. The summed E-state index contributed by atoms with van der Waals surface area (Å²) in [5, 5.41) is 0. The van der Waals surface area contributed by atoms with Gasteiger partial charge >= 0.3 is 0 Å². The van der Waals surface area contributed by atoms with Crippen LogP contribution in [0, 0.1) is 13.8 Å². The van der Waals surface area contributed by atoms with E-state index in [0.29, 0.717) is 0 Å². The van der Waals surface area contributed by atoms with Crippen LogP contribution in [0.3, 0.4) is 0 Å². The highest BCUT2D eigenvalue weighted by atomic mass is 32.2. The van der Waals surface area contributed by atoms with Crippen molar-refractivity contribution in [2.45, 2.75) is 23.6 Å². The fourth-order valence-electron chi connectivity index (χ4n) is 4.21. The Labute approximate surface area is 220 Å². The Kier molecular flexibility index (Phi) is 6.16. The molecule has 2 N–H and O–H groups in total. The number of sulfonamides is 2. The van der Waals surface area contributed by atoms with Gasteiger partial charge in [0.15, 0.2) is 11.6 Å². The molecule has 0 radical (unpaired) electrons. The van der Waals surface area contributed by atoms with Crippen LogP contribution in [0.4, 0.5) is 11.4 Å². The van der Waals surface area contributed by atoms with Gasteiger partial charge in [0.2, 0.25) is 0 Å². The average Bonchev–Trinajstić information content (AvgIpc) is 2.88. The summed E-state index contributed by atoms with van der Waals surface area (Å²) in [6.07, 6.45) is 0. The predicted octanol–water partition coefficient (Wildman–Crippen LogP) is 4.68. The van der Waals surface area contributed by atoms with Gasteiger partial charge in [0.05, 0.1) is 26.7 Å². The van der Waals surface area contributed by atoms with Gasteiger partial charge < -0.3 is 0 Å². The molecule has 192 valence electrons. The van der Waals surface area contributed by atoms with Gasteiger partial charge in [0, 0.05) is 16.7 Å². The van der Waals surface area contributed by atoms with Crippen molar-refractivity contribution >= 4 is 43.0 Å². The second-order valence-electron chi connectivity index (χ2n) is 8.95. The summed E-state index contributed by atoms with van der Waals surface area (Å²) in [5.41, 5.74) is 1.19. The second kappa shape index (κ2) is 9.23. The van der Waals surface area contributed by atoms with Crippen molar-refractivity contribution in [3.05, 3.63) is 118 Å². The lowest BCUT2D eigenvalue weighted by Crippen LogP contribution is -2.25. The number of carbonyl (C=O) groups is 2. The van der Waals surface area contributed by atoms with Crippen LogP contribution < -0.4 is 9.44 Å². The summed E-state index contributed by atoms with van der Waals surface area (Å²) in [6, 6.07) is 20.9. The normalized spacial score (nSPS) is 13.0. The van der Waals surface area contributed by atoms with E-state index in [1.54, 1.807) is 43.3 Å². The van der Waals surface area contributed by atoms with E-state index in [1.807, 2.05) is 6.92 Å². The highest BCUT2D eigenvalue weighted by Crippen LogP contribution is 2.38. The number of anilines is 2. The first kappa shape index (κ1) is 25.4. The highest BCUT2D eigenvalue weighted by molar-refractivity contribution is 7.93. The standard InChI is InChI=1S/C28H22N2O6S2/c1-17-7-11-19(12-8-17)37(33,34)29-24-16-15-23-25(28(32)22-6-4-3-5-21(22)27(23)31)26(24)30-38(35,36)20-13-9-18(2)10-14-20/h3-16,29-30H,1-2H3. The SMILES string of the molecule is Cc1ccc(S(=O)(=O)Nc2ccc3c(c2NS(=O)(=O)c2ccc(C)cc2)C(=O)c2ccccc2C3=O)cc1. The molecule has 0 unspecified atom stereocenters. The fourth-order valence-corrected chi connectivity index (χ4v) is 6.37. The molecule has 0 fully saturated rings. The van der Waals surface area contributed by atoms with E-state index in [1.165, 1.54) is 48.5 Å². The second-order valence-corrected chi connectivity index (χ2v) is 12.3. The molecule has 1 aliphatic carbocycles. The Morgan fingerprint density at radius 2 is 1.00 bits per heavy atom. The first-order valence-electron chi connectivity index (χ1n) is 11.5. The zero-order valence-electron chi connectivity index (χ0n) is 20.3. The number of rotatable bonds is 6. The Hall–Kier alpha value is -4.28. The van der Waals surface area contributed by atoms with Crippen LogP contribution in [0.25, 0.3) is 0 Å². The molecular weight excluding hydrogens is 524 g/mol. The lowest BCUT2D eigenvalue weighted by Gasteiger charge is -2.23. The summed E-state index contributed by atoms with van der Waals surface area (Å²) in [7, 11) is -8.46. The van der Waals surface area contributed by atoms with Crippen LogP contribution >= 0.6 is 0 Å². The highest BCUT2D eigenvalue weighted by Gasteiger charge is 2.35. The number of carbonyl (C=O) groups excluding carboxylic acids is 2. The molecule has 0 atom stereocenters. The number of aryl methyl sites for hydroxylation is 2. The zero-order chi connectivity index (χ0) is 27.2. The van der Waals surface area contributed by atoms with Gasteiger partial charge in [0.1, 0.15) is 0 Å². The molecule has 1 aliphatic rings. The summed E-state index contributed by atoms with van der Waals surface area (Å²) in [5.74, 6) is -1.08. The van der Waals surface area contributed by atoms with Crippen LogP contribution in [-0.4, -0.2) is 28.4 Å². The van der Waals surface area contributed by atoms with Crippen molar-refractivity contribution in [2.24, 2.45) is 0 Å². The molecule has 0 aromatic heterocycles. The molecule has 8 nitrogen and oxygen atoms in total. The average molecular weight is 547 g/mol. The molecule has 0 saturated carbocycles. The van der Waals surface area contributed by atoms with Crippen LogP contribution in [0.2, 0.25) is 0 Å². The van der Waals surface area contributed by atoms with Gasteiger partial charge in [-0.15, -0.1) is 0 Å². The van der Waals surface area contributed by atoms with Crippen LogP contribution in [0.5, 0.6) is 0 Å². The first-order chi connectivity index (χ1) is 18.0. The van der Waals surface area contributed by atoms with E-state index in [2.05, 4.69) is 9.44 Å². The minimum Gasteiger partial charge on any atom is -0.289 e. The van der Waals surface area contributed by atoms with Gasteiger partial charge in [0.25, 0.3) is 20.0 Å². The minimum absolute atomic E-state index is 0.0337. The lowest BCUT2D eigenvalue weighted by molar-refractivity contribution is 0.0980. The lowest BCUT2D eigenvalue weighted by atomic mass is 9.83. The molecular formula is C28H22N2O6S2. The van der Waals surface area contributed by atoms with E-state index < -0.39 is 31.6 Å². The van der Waals surface area contributed by atoms with Gasteiger partial charge in [-0.05, 0) is 50.2 Å². The first-order valence-corrected chi connectivity index (χ1v) is 14.5. The number of ketones is 2. The van der Waals surface area contributed by atoms with Crippen LogP contribution in [0.1, 0.15) is 43.0 Å². The molecule has 0 amide bonds. The van der Waals surface area contributed by atoms with Gasteiger partial charge in [-0.2, -0.15) is 0 Å². The smallest absolute Gasteiger partial charge is 0.261 e. The predicted molar refractivity (Wildman–Crippen MR) is 144 cm³/mol. The van der Waals surface area contributed by atoms with Gasteiger partial charge in [-0.25, -0.2) is 16.8 Å². The third-order valence-corrected chi connectivity index (χ3v) is 8.98. The molecule has 0 heterocycles. The maximum absolute atomic E-state index is 13.6. The van der Waals surface area contributed by atoms with E-state index in [4.69, 9.17) is 0 Å². The number of fused-ring (bicyclic) bond motifs is 2. The van der Waals surface area contributed by atoms with Crippen molar-refractivity contribution in [1.82, 2.24) is 0 Å². The third-order valence-electron chi connectivity index (χ3n) is 6.24. The van der Waals surface area contributed by atoms with Gasteiger partial charge in [-0.1, -0.05) is 59.7 Å². The summed E-state index contributed by atoms with van der Waals surface area (Å²) >= 11 is 0. The van der Waals surface area contributed by atoms with Crippen LogP contribution in [0.15, 0.2) is 94.7 Å². The fraction of sp³-hybridized carbons (Fsp3) is 0.0714. The molecule has 10 heteroatoms. The number of benzene rings is 4. The topological polar surface area (TPSA) is 126 Å². The molecule has 0 aliphatic heterocycles. The molecule has 0 bridgehead atoms. The quantitative estimate of drug-likeness (QED) is 0.318. The van der Waals surface area contributed by atoms with Crippen molar-refractivity contribution in [2.75, 3.05) is 9.44 Å². The van der Waals surface area contributed by atoms with E-state index in [-0.39, 0.29) is 43.4 Å². The molecule has 0 spiro atoms. The molecule has 5 rings (SSSR count). The number of nitrogens with one attached hydrogen (secondary N) is 2. The van der Waals surface area contributed by atoms with E-state index in [9.17, 15) is 26.4 Å². The number of hydrogen-bond donors (Lipinski definition) is 2. The minimum atomic E-state index is -4.28. The molecule has 4 aromatic rings. The molecule has 4 aromatic carbocycles. The summed E-state index contributed by atoms with van der Waals surface area (Å²) in [4.78, 5) is 26.7. The van der Waals surface area contributed by atoms with Crippen molar-refractivity contribution < 1.29 is 26.4 Å². The Bertz CT molecular complexity index is 1830. The van der Waals surface area contributed by atoms with E-state index in [0.717, 1.165) is 11.1 Å². The summed E-state index contributed by atoms with van der Waals surface area (Å²) < 4.78 is 58.0. The Morgan fingerprint density at radius 3 is 1.53 bits per heavy atom. The summed E-state index contributed by atoms with van der Waals surface area (Å²) in [6.45, 7) is 3.61. The Balaban J connectivity index is 1.69. The third kappa shape index (κ3) is 4.48. The maximum atomic E-state index is 13.6. The maximum Gasteiger partial charge on any atom is 0.261 e.